The quantitative estimate of drug-likeness (QED) is 0.349. The Bertz CT molecular complexity index is 1360. The van der Waals surface area contributed by atoms with Crippen LogP contribution in [0.15, 0.2) is 60.4 Å². The zero-order valence-electron chi connectivity index (χ0n) is 16.0. The SMILES string of the molecule is C#C/C(O)=C\c1c(C)ccc2c1C1(C=CC(=O)O1)c1c(ccc3ccc(O)cc13)O2. The van der Waals surface area contributed by atoms with Gasteiger partial charge in [0.15, 0.2) is 11.4 Å². The highest BCUT2D eigenvalue weighted by atomic mass is 16.6. The number of aromatic hydroxyl groups is 1. The molecule has 3 aromatic rings. The molecule has 0 aromatic heterocycles. The Balaban J connectivity index is 1.93. The van der Waals surface area contributed by atoms with Gasteiger partial charge in [-0.3, -0.25) is 0 Å². The third kappa shape index (κ3) is 2.41. The predicted molar refractivity (Wildman–Crippen MR) is 112 cm³/mol. The Labute approximate surface area is 172 Å². The predicted octanol–water partition coefficient (Wildman–Crippen LogP) is 4.85. The summed E-state index contributed by atoms with van der Waals surface area (Å²) >= 11 is 0. The second kappa shape index (κ2) is 6.16. The van der Waals surface area contributed by atoms with Crippen molar-refractivity contribution in [3.8, 4) is 29.6 Å². The molecule has 1 spiro atoms. The lowest BCUT2D eigenvalue weighted by atomic mass is 9.77. The number of allylic oxidation sites excluding steroid dienone is 1. The van der Waals surface area contributed by atoms with E-state index in [2.05, 4.69) is 5.92 Å². The fraction of sp³-hybridized carbons (Fsp3) is 0.0800. The van der Waals surface area contributed by atoms with Gasteiger partial charge in [-0.05, 0) is 71.2 Å². The van der Waals surface area contributed by atoms with Gasteiger partial charge in [-0.15, -0.1) is 6.42 Å². The molecule has 1 atom stereocenters. The van der Waals surface area contributed by atoms with Crippen LogP contribution in [-0.2, 0) is 15.1 Å². The summed E-state index contributed by atoms with van der Waals surface area (Å²) in [6.07, 6.45) is 9.87. The molecule has 0 amide bonds. The first kappa shape index (κ1) is 17.9. The van der Waals surface area contributed by atoms with E-state index in [1.54, 1.807) is 30.3 Å². The summed E-state index contributed by atoms with van der Waals surface area (Å²) in [5.41, 5.74) is 1.30. The van der Waals surface area contributed by atoms with E-state index in [1.165, 1.54) is 12.2 Å². The normalized spacial score (nSPS) is 19.2. The fourth-order valence-corrected chi connectivity index (χ4v) is 4.22. The smallest absolute Gasteiger partial charge is 0.332 e. The third-order valence-corrected chi connectivity index (χ3v) is 5.50. The van der Waals surface area contributed by atoms with Gasteiger partial charge in [-0.1, -0.05) is 18.2 Å². The number of hydrogen-bond donors (Lipinski definition) is 2. The molecule has 0 radical (unpaired) electrons. The van der Waals surface area contributed by atoms with Crippen molar-refractivity contribution >= 4 is 22.8 Å². The van der Waals surface area contributed by atoms with Crippen molar-refractivity contribution in [1.29, 1.82) is 0 Å². The molecule has 0 aliphatic carbocycles. The van der Waals surface area contributed by atoms with Crippen LogP contribution in [-0.4, -0.2) is 16.2 Å². The number of hydrogen-bond acceptors (Lipinski definition) is 5. The van der Waals surface area contributed by atoms with E-state index in [1.807, 2.05) is 25.1 Å². The largest absolute Gasteiger partial charge is 0.508 e. The van der Waals surface area contributed by atoms with Crippen molar-refractivity contribution in [2.24, 2.45) is 0 Å². The third-order valence-electron chi connectivity index (χ3n) is 5.50. The summed E-state index contributed by atoms with van der Waals surface area (Å²) in [5, 5.41) is 21.7. The molecule has 5 heteroatoms. The lowest BCUT2D eigenvalue weighted by Gasteiger charge is -2.37. The van der Waals surface area contributed by atoms with E-state index >= 15 is 0 Å². The Hall–Kier alpha value is -4.17. The molecule has 5 nitrogen and oxygen atoms in total. The molecular weight excluding hydrogens is 380 g/mol. The van der Waals surface area contributed by atoms with Crippen LogP contribution in [0.5, 0.6) is 17.2 Å². The lowest BCUT2D eigenvalue weighted by molar-refractivity contribution is -0.143. The number of carbonyl (C=O) groups is 1. The highest BCUT2D eigenvalue weighted by molar-refractivity contribution is 5.95. The van der Waals surface area contributed by atoms with Gasteiger partial charge in [0.05, 0.1) is 11.1 Å². The maximum atomic E-state index is 12.3. The van der Waals surface area contributed by atoms with Crippen molar-refractivity contribution in [2.75, 3.05) is 0 Å². The number of ether oxygens (including phenoxy) is 2. The molecule has 2 aliphatic rings. The first-order valence-corrected chi connectivity index (χ1v) is 9.30. The number of phenols is 1. The maximum Gasteiger partial charge on any atom is 0.332 e. The number of fused-ring (bicyclic) bond motifs is 6. The molecule has 3 aromatic carbocycles. The number of terminal acetylenes is 1. The summed E-state index contributed by atoms with van der Waals surface area (Å²) in [5.74, 6) is 2.54. The highest BCUT2D eigenvalue weighted by Gasteiger charge is 2.49. The van der Waals surface area contributed by atoms with Crippen LogP contribution >= 0.6 is 0 Å². The van der Waals surface area contributed by atoms with E-state index in [0.29, 0.717) is 33.6 Å². The molecule has 0 saturated carbocycles. The molecule has 2 heterocycles. The number of phenolic OH excluding ortho intramolecular Hbond substituents is 1. The minimum atomic E-state index is -1.29. The summed E-state index contributed by atoms with van der Waals surface area (Å²) in [6, 6.07) is 12.3. The molecule has 146 valence electrons. The van der Waals surface area contributed by atoms with Crippen molar-refractivity contribution in [2.45, 2.75) is 12.5 Å². The number of carbonyl (C=O) groups excluding carboxylic acids is 1. The monoisotopic (exact) mass is 396 g/mol. The van der Waals surface area contributed by atoms with Gasteiger partial charge in [0, 0.05) is 6.08 Å². The van der Waals surface area contributed by atoms with Crippen molar-refractivity contribution in [3.63, 3.8) is 0 Å². The van der Waals surface area contributed by atoms with Crippen molar-refractivity contribution in [1.82, 2.24) is 0 Å². The number of aryl methyl sites for hydroxylation is 1. The number of esters is 1. The van der Waals surface area contributed by atoms with E-state index in [-0.39, 0.29) is 11.5 Å². The Morgan fingerprint density at radius 3 is 2.60 bits per heavy atom. The number of aliphatic hydroxyl groups excluding tert-OH is 1. The zero-order valence-corrected chi connectivity index (χ0v) is 16.0. The van der Waals surface area contributed by atoms with Crippen LogP contribution in [0.1, 0.15) is 22.3 Å². The summed E-state index contributed by atoms with van der Waals surface area (Å²) in [4.78, 5) is 12.3. The van der Waals surface area contributed by atoms with Gasteiger partial charge in [0.1, 0.15) is 17.2 Å². The maximum absolute atomic E-state index is 12.3. The molecule has 1 unspecified atom stereocenters. The Morgan fingerprint density at radius 1 is 1.13 bits per heavy atom. The first-order valence-electron chi connectivity index (χ1n) is 9.30. The highest BCUT2D eigenvalue weighted by Crippen LogP contribution is 2.55. The Morgan fingerprint density at radius 2 is 1.87 bits per heavy atom. The van der Waals surface area contributed by atoms with Gasteiger partial charge in [-0.25, -0.2) is 4.79 Å². The zero-order chi connectivity index (χ0) is 21.0. The fourth-order valence-electron chi connectivity index (χ4n) is 4.22. The molecule has 30 heavy (non-hydrogen) atoms. The van der Waals surface area contributed by atoms with Gasteiger partial charge in [0.2, 0.25) is 0 Å². The van der Waals surface area contributed by atoms with E-state index in [9.17, 15) is 15.0 Å². The Kier molecular flexibility index (Phi) is 3.68. The van der Waals surface area contributed by atoms with Gasteiger partial charge in [-0.2, -0.15) is 0 Å². The average Bonchev–Trinajstić information content (AvgIpc) is 3.11. The van der Waals surface area contributed by atoms with E-state index in [4.69, 9.17) is 15.9 Å². The summed E-state index contributed by atoms with van der Waals surface area (Å²) in [7, 11) is 0. The number of aliphatic hydroxyl groups is 1. The molecular formula is C25H16O5. The van der Waals surface area contributed by atoms with Crippen molar-refractivity contribution < 1.29 is 24.5 Å². The molecule has 0 fully saturated rings. The summed E-state index contributed by atoms with van der Waals surface area (Å²) < 4.78 is 12.1. The van der Waals surface area contributed by atoms with E-state index in [0.717, 1.165) is 10.9 Å². The number of rotatable bonds is 1. The van der Waals surface area contributed by atoms with Crippen LogP contribution in [0.25, 0.3) is 16.8 Å². The topological polar surface area (TPSA) is 76.0 Å². The van der Waals surface area contributed by atoms with Gasteiger partial charge in [0.25, 0.3) is 0 Å². The summed E-state index contributed by atoms with van der Waals surface area (Å²) in [6.45, 7) is 1.87. The lowest BCUT2D eigenvalue weighted by Crippen LogP contribution is -2.32. The van der Waals surface area contributed by atoms with Gasteiger partial charge >= 0.3 is 5.97 Å². The van der Waals surface area contributed by atoms with Crippen LogP contribution in [0, 0.1) is 19.3 Å². The van der Waals surface area contributed by atoms with Crippen LogP contribution in [0.3, 0.4) is 0 Å². The van der Waals surface area contributed by atoms with E-state index < -0.39 is 11.6 Å². The van der Waals surface area contributed by atoms with Crippen LogP contribution < -0.4 is 4.74 Å². The van der Waals surface area contributed by atoms with Crippen LogP contribution in [0.4, 0.5) is 0 Å². The minimum absolute atomic E-state index is 0.0829. The van der Waals surface area contributed by atoms with Crippen molar-refractivity contribution in [3.05, 3.63) is 82.6 Å². The second-order valence-electron chi connectivity index (χ2n) is 7.28. The molecule has 2 N–H and O–H groups in total. The molecule has 0 saturated heterocycles. The van der Waals surface area contributed by atoms with Crippen LogP contribution in [0.2, 0.25) is 0 Å². The number of benzene rings is 3. The standard InChI is InChI=1S/C25H16O5/c1-3-16(26)12-18-14(2)4-8-20-23(18)25(11-10-22(28)30-25)24-19-13-17(27)7-5-15(19)6-9-21(24)29-20/h1,4-13,26-27H,2H3/b16-12+. The first-order chi connectivity index (χ1) is 14.4. The van der Waals surface area contributed by atoms with Gasteiger partial charge < -0.3 is 19.7 Å². The molecule has 2 aliphatic heterocycles. The molecule has 0 bridgehead atoms. The molecule has 5 rings (SSSR count). The minimum Gasteiger partial charge on any atom is -0.508 e. The second-order valence-corrected chi connectivity index (χ2v) is 7.28. The average molecular weight is 396 g/mol.